The van der Waals surface area contributed by atoms with Gasteiger partial charge in [-0.2, -0.15) is 0 Å². The van der Waals surface area contributed by atoms with Crippen LogP contribution < -0.4 is 4.74 Å². The molecule has 112 valence electrons. The van der Waals surface area contributed by atoms with Crippen LogP contribution in [0.1, 0.15) is 43.8 Å². The van der Waals surface area contributed by atoms with Crippen molar-refractivity contribution in [3.8, 4) is 5.75 Å². The molecule has 20 heavy (non-hydrogen) atoms. The van der Waals surface area contributed by atoms with E-state index < -0.39 is 17.7 Å². The van der Waals surface area contributed by atoms with Crippen LogP contribution in [0.3, 0.4) is 0 Å². The van der Waals surface area contributed by atoms with E-state index in [1.165, 1.54) is 7.11 Å². The summed E-state index contributed by atoms with van der Waals surface area (Å²) < 4.78 is 37.9. The summed E-state index contributed by atoms with van der Waals surface area (Å²) in [6, 6.07) is 2.16. The Morgan fingerprint density at radius 3 is 2.60 bits per heavy atom. The largest absolute Gasteiger partial charge is 0.497 e. The predicted octanol–water partition coefficient (Wildman–Crippen LogP) is 3.36. The lowest BCUT2D eigenvalue weighted by Gasteiger charge is -2.23. The van der Waals surface area contributed by atoms with Gasteiger partial charge >= 0.3 is 0 Å². The summed E-state index contributed by atoms with van der Waals surface area (Å²) in [6.45, 7) is 0.728. The quantitative estimate of drug-likeness (QED) is 0.902. The molecule has 0 bridgehead atoms. The molecule has 1 aliphatic rings. The molecule has 1 aromatic carbocycles. The number of aliphatic hydroxyl groups is 1. The van der Waals surface area contributed by atoms with E-state index in [2.05, 4.69) is 0 Å². The van der Waals surface area contributed by atoms with Crippen LogP contribution in [0, 0.1) is 11.6 Å². The van der Waals surface area contributed by atoms with Gasteiger partial charge in [-0.05, 0) is 32.1 Å². The summed E-state index contributed by atoms with van der Waals surface area (Å²) >= 11 is 0. The predicted molar refractivity (Wildman–Crippen MR) is 70.7 cm³/mol. The first-order chi connectivity index (χ1) is 9.61. The standard InChI is InChI=1S/C15H20F2O3/c1-19-11-8-12(16)15(13(17)9-11)14(18)6-5-10-4-2-3-7-20-10/h8-10,14,18H,2-7H2,1H3. The molecule has 5 heteroatoms. The van der Waals surface area contributed by atoms with Crippen LogP contribution in [0.5, 0.6) is 5.75 Å². The highest BCUT2D eigenvalue weighted by molar-refractivity contribution is 5.31. The normalized spacial score (nSPS) is 20.7. The van der Waals surface area contributed by atoms with Crippen molar-refractivity contribution in [1.29, 1.82) is 0 Å². The lowest BCUT2D eigenvalue weighted by Crippen LogP contribution is -2.20. The first kappa shape index (κ1) is 15.2. The van der Waals surface area contributed by atoms with Gasteiger partial charge in [0.2, 0.25) is 0 Å². The number of hydrogen-bond donors (Lipinski definition) is 1. The van der Waals surface area contributed by atoms with Crippen molar-refractivity contribution in [3.05, 3.63) is 29.3 Å². The van der Waals surface area contributed by atoms with Crippen LogP contribution >= 0.6 is 0 Å². The Kier molecular flexibility index (Phi) is 5.31. The van der Waals surface area contributed by atoms with Gasteiger partial charge in [0.1, 0.15) is 17.4 Å². The molecule has 0 aromatic heterocycles. The van der Waals surface area contributed by atoms with Gasteiger partial charge < -0.3 is 14.6 Å². The number of rotatable bonds is 5. The maximum atomic E-state index is 13.8. The summed E-state index contributed by atoms with van der Waals surface area (Å²) in [5, 5.41) is 10.0. The third-order valence-corrected chi connectivity index (χ3v) is 3.66. The topological polar surface area (TPSA) is 38.7 Å². The SMILES string of the molecule is COc1cc(F)c(C(O)CCC2CCCCO2)c(F)c1. The van der Waals surface area contributed by atoms with Crippen molar-refractivity contribution in [1.82, 2.24) is 0 Å². The van der Waals surface area contributed by atoms with E-state index in [-0.39, 0.29) is 23.8 Å². The molecule has 1 saturated heterocycles. The highest BCUT2D eigenvalue weighted by Gasteiger charge is 2.22. The van der Waals surface area contributed by atoms with E-state index in [0.717, 1.165) is 38.0 Å². The van der Waals surface area contributed by atoms with E-state index >= 15 is 0 Å². The molecule has 1 N–H and O–H groups in total. The summed E-state index contributed by atoms with van der Waals surface area (Å²) in [7, 11) is 1.34. The number of halogens is 2. The fraction of sp³-hybridized carbons (Fsp3) is 0.600. The third kappa shape index (κ3) is 3.67. The molecular weight excluding hydrogens is 266 g/mol. The Morgan fingerprint density at radius 1 is 1.35 bits per heavy atom. The molecule has 0 spiro atoms. The van der Waals surface area contributed by atoms with E-state index in [9.17, 15) is 13.9 Å². The Bertz CT molecular complexity index is 422. The van der Waals surface area contributed by atoms with E-state index in [1.54, 1.807) is 0 Å². The zero-order valence-electron chi connectivity index (χ0n) is 11.6. The van der Waals surface area contributed by atoms with Gasteiger partial charge in [-0.15, -0.1) is 0 Å². The van der Waals surface area contributed by atoms with Crippen LogP contribution in [0.2, 0.25) is 0 Å². The van der Waals surface area contributed by atoms with Crippen molar-refractivity contribution in [3.63, 3.8) is 0 Å². The lowest BCUT2D eigenvalue weighted by atomic mass is 9.98. The van der Waals surface area contributed by atoms with Gasteiger partial charge in [0.15, 0.2) is 0 Å². The fourth-order valence-corrected chi connectivity index (χ4v) is 2.52. The maximum Gasteiger partial charge on any atom is 0.135 e. The lowest BCUT2D eigenvalue weighted by molar-refractivity contribution is 0.00164. The molecule has 0 saturated carbocycles. The number of hydrogen-bond acceptors (Lipinski definition) is 3. The molecule has 0 aliphatic carbocycles. The summed E-state index contributed by atoms with van der Waals surface area (Å²) in [6.07, 6.45) is 2.92. The van der Waals surface area contributed by atoms with E-state index in [4.69, 9.17) is 9.47 Å². The van der Waals surface area contributed by atoms with Gasteiger partial charge in [0.25, 0.3) is 0 Å². The second-order valence-corrected chi connectivity index (χ2v) is 5.09. The smallest absolute Gasteiger partial charge is 0.135 e. The highest BCUT2D eigenvalue weighted by Crippen LogP contribution is 2.29. The Balaban J connectivity index is 1.99. The summed E-state index contributed by atoms with van der Waals surface area (Å²) in [5.41, 5.74) is -0.290. The Labute approximate surface area is 117 Å². The minimum atomic E-state index is -1.16. The van der Waals surface area contributed by atoms with Gasteiger partial charge in [0, 0.05) is 18.7 Å². The second kappa shape index (κ2) is 6.99. The Hall–Kier alpha value is -1.20. The van der Waals surface area contributed by atoms with Gasteiger partial charge in [-0.25, -0.2) is 8.78 Å². The molecule has 2 unspecified atom stereocenters. The van der Waals surface area contributed by atoms with Crippen LogP contribution in [-0.2, 0) is 4.74 Å². The molecule has 1 aromatic rings. The molecule has 0 amide bonds. The number of ether oxygens (including phenoxy) is 2. The van der Waals surface area contributed by atoms with Crippen molar-refractivity contribution >= 4 is 0 Å². The summed E-state index contributed by atoms with van der Waals surface area (Å²) in [5.74, 6) is -1.45. The first-order valence-corrected chi connectivity index (χ1v) is 6.94. The van der Waals surface area contributed by atoms with E-state index in [1.807, 2.05) is 0 Å². The molecule has 1 fully saturated rings. The number of aliphatic hydroxyl groups excluding tert-OH is 1. The first-order valence-electron chi connectivity index (χ1n) is 6.94. The average Bonchev–Trinajstić information content (AvgIpc) is 2.45. The molecule has 1 heterocycles. The molecule has 2 atom stereocenters. The van der Waals surface area contributed by atoms with Crippen LogP contribution in [0.25, 0.3) is 0 Å². The van der Waals surface area contributed by atoms with Crippen molar-refractivity contribution in [2.24, 2.45) is 0 Å². The van der Waals surface area contributed by atoms with E-state index in [0.29, 0.717) is 6.42 Å². The van der Waals surface area contributed by atoms with Gasteiger partial charge in [-0.1, -0.05) is 0 Å². The van der Waals surface area contributed by atoms with Gasteiger partial charge in [-0.3, -0.25) is 0 Å². The molecule has 0 radical (unpaired) electrons. The van der Waals surface area contributed by atoms with Crippen molar-refractivity contribution < 1.29 is 23.4 Å². The van der Waals surface area contributed by atoms with Gasteiger partial charge in [0.05, 0.1) is 24.9 Å². The number of methoxy groups -OCH3 is 1. The zero-order valence-corrected chi connectivity index (χ0v) is 11.6. The zero-order chi connectivity index (χ0) is 14.5. The minimum Gasteiger partial charge on any atom is -0.497 e. The number of benzene rings is 1. The third-order valence-electron chi connectivity index (χ3n) is 3.66. The van der Waals surface area contributed by atoms with Crippen LogP contribution in [0.15, 0.2) is 12.1 Å². The highest BCUT2D eigenvalue weighted by atomic mass is 19.1. The monoisotopic (exact) mass is 286 g/mol. The molecular formula is C15H20F2O3. The molecule has 1 aliphatic heterocycles. The fourth-order valence-electron chi connectivity index (χ4n) is 2.52. The van der Waals surface area contributed by atoms with Crippen LogP contribution in [0.4, 0.5) is 8.78 Å². The molecule has 2 rings (SSSR count). The second-order valence-electron chi connectivity index (χ2n) is 5.09. The van der Waals surface area contributed by atoms with Crippen LogP contribution in [-0.4, -0.2) is 24.9 Å². The summed E-state index contributed by atoms with van der Waals surface area (Å²) in [4.78, 5) is 0. The maximum absolute atomic E-state index is 13.8. The van der Waals surface area contributed by atoms with Crippen molar-refractivity contribution in [2.75, 3.05) is 13.7 Å². The molecule has 3 nitrogen and oxygen atoms in total. The average molecular weight is 286 g/mol. The Morgan fingerprint density at radius 2 is 2.05 bits per heavy atom. The van der Waals surface area contributed by atoms with Crippen molar-refractivity contribution in [2.45, 2.75) is 44.3 Å². The minimum absolute atomic E-state index is 0.0859.